The molecule has 0 saturated carbocycles. The van der Waals surface area contributed by atoms with Gasteiger partial charge in [-0.05, 0) is 82.6 Å². The Kier molecular flexibility index (Phi) is 13.9. The highest BCUT2D eigenvalue weighted by Crippen LogP contribution is 2.38. The van der Waals surface area contributed by atoms with Crippen LogP contribution in [-0.4, -0.2) is 80.7 Å². The number of anilines is 3. The quantitative estimate of drug-likeness (QED) is 0.0909. The average molecular weight is 965 g/mol. The van der Waals surface area contributed by atoms with E-state index in [-0.39, 0.29) is 16.5 Å². The lowest BCUT2D eigenvalue weighted by Gasteiger charge is -2.36. The van der Waals surface area contributed by atoms with Crippen molar-refractivity contribution in [1.82, 2.24) is 29.9 Å². The fourth-order valence-electron chi connectivity index (χ4n) is 6.07. The Hall–Kier alpha value is -6.36. The van der Waals surface area contributed by atoms with Gasteiger partial charge in [0, 0.05) is 11.1 Å². The van der Waals surface area contributed by atoms with Crippen molar-refractivity contribution in [2.75, 3.05) is 17.2 Å². The Morgan fingerprint density at radius 3 is 1.53 bits per heavy atom. The van der Waals surface area contributed by atoms with Crippen LogP contribution in [0.2, 0.25) is 18.1 Å². The zero-order valence-corrected chi connectivity index (χ0v) is 37.8. The number of aromatic hydroxyl groups is 2. The van der Waals surface area contributed by atoms with E-state index in [0.29, 0.717) is 42.6 Å². The van der Waals surface area contributed by atoms with E-state index in [9.17, 15) is 5.11 Å². The third-order valence-corrected chi connectivity index (χ3v) is 15.5. The molecule has 0 fully saturated rings. The number of halogens is 1. The monoisotopic (exact) mass is 964 g/mol. The minimum absolute atomic E-state index is 0.0330. The maximum Gasteiger partial charge on any atom is 0.488 e. The number of nitrogens with two attached hydrogens (primary N) is 3. The average Bonchev–Trinajstić information content (AvgIpc) is 3.97. The van der Waals surface area contributed by atoms with Crippen LogP contribution < -0.4 is 27.1 Å². The van der Waals surface area contributed by atoms with E-state index in [1.54, 1.807) is 24.3 Å². The Morgan fingerprint density at radius 1 is 0.613 bits per heavy atom. The third-order valence-electron chi connectivity index (χ3n) is 10.3. The predicted octanol–water partition coefficient (Wildman–Crippen LogP) is 4.74. The molecule has 0 radical (unpaired) electrons. The zero-order chi connectivity index (χ0) is 44.8. The Balaban J connectivity index is 0.000000147. The molecule has 0 spiro atoms. The maximum absolute atomic E-state index is 9.47. The first-order valence-electron chi connectivity index (χ1n) is 19.3. The van der Waals surface area contributed by atoms with Crippen LogP contribution in [0.3, 0.4) is 0 Å². The van der Waals surface area contributed by atoms with Crippen molar-refractivity contribution in [2.45, 2.75) is 58.5 Å². The summed E-state index contributed by atoms with van der Waals surface area (Å²) in [6.07, 6.45) is 4.40. The van der Waals surface area contributed by atoms with Crippen LogP contribution in [0.1, 0.15) is 65.7 Å². The van der Waals surface area contributed by atoms with Crippen molar-refractivity contribution in [3.63, 3.8) is 0 Å². The van der Waals surface area contributed by atoms with Gasteiger partial charge >= 0.3 is 7.12 Å². The van der Waals surface area contributed by atoms with Gasteiger partial charge in [-0.15, -0.1) is 0 Å². The molecular formula is C42H46BIN12O5Si. The molecule has 0 unspecified atom stereocenters. The van der Waals surface area contributed by atoms with Gasteiger partial charge in [0.1, 0.15) is 57.4 Å². The zero-order valence-electron chi connectivity index (χ0n) is 34.7. The number of fused-ring (bicyclic) bond motifs is 3. The molecule has 6 heterocycles. The number of benzene rings is 3. The SMILES string of the molecule is CC(C)(C)[Si](C)(C)Oc1cccc(C2=NCc3ncnc(N)c32)c1.Nc1ncnc2c1C(I)=NC2.Nc1ncnc2c1C(c1cccc(O)c1)=NC2.OB(O)c1cccc(O)c1. The van der Waals surface area contributed by atoms with Crippen LogP contribution in [0.25, 0.3) is 0 Å². The van der Waals surface area contributed by atoms with E-state index in [1.165, 1.54) is 37.2 Å². The molecular weight excluding hydrogens is 918 g/mol. The Labute approximate surface area is 373 Å². The lowest BCUT2D eigenvalue weighted by atomic mass is 9.80. The molecule has 10 N–H and O–H groups in total. The summed E-state index contributed by atoms with van der Waals surface area (Å²) in [5, 5.41) is 35.6. The smallest absolute Gasteiger partial charge is 0.488 e. The minimum atomic E-state index is -1.88. The molecule has 3 aliphatic rings. The van der Waals surface area contributed by atoms with Crippen molar-refractivity contribution < 1.29 is 24.7 Å². The first-order valence-corrected chi connectivity index (χ1v) is 23.2. The fourth-order valence-corrected chi connectivity index (χ4v) is 7.85. The highest BCUT2D eigenvalue weighted by molar-refractivity contribution is 14.1. The largest absolute Gasteiger partial charge is 0.543 e. The molecule has 9 rings (SSSR count). The number of rotatable bonds is 5. The predicted molar refractivity (Wildman–Crippen MR) is 253 cm³/mol. The molecule has 3 aromatic carbocycles. The van der Waals surface area contributed by atoms with Crippen molar-refractivity contribution in [3.8, 4) is 17.2 Å². The molecule has 3 aromatic heterocycles. The van der Waals surface area contributed by atoms with Crippen LogP contribution in [0.4, 0.5) is 17.5 Å². The van der Waals surface area contributed by atoms with E-state index < -0.39 is 15.4 Å². The van der Waals surface area contributed by atoms with Gasteiger partial charge in [-0.2, -0.15) is 0 Å². The first-order chi connectivity index (χ1) is 29.4. The molecule has 62 heavy (non-hydrogen) atoms. The maximum atomic E-state index is 9.47. The van der Waals surface area contributed by atoms with E-state index >= 15 is 0 Å². The molecule has 0 atom stereocenters. The number of nitrogens with zero attached hydrogens (tertiary/aromatic N) is 9. The second-order valence-corrected chi connectivity index (χ2v) is 21.3. The van der Waals surface area contributed by atoms with Crippen molar-refractivity contribution in [2.24, 2.45) is 15.0 Å². The molecule has 0 saturated heterocycles. The van der Waals surface area contributed by atoms with Gasteiger partial charge in [-0.3, -0.25) is 15.0 Å². The number of aromatic nitrogens is 6. The summed E-state index contributed by atoms with van der Waals surface area (Å²) in [6, 6.07) is 20.8. The van der Waals surface area contributed by atoms with Gasteiger partial charge in [0.2, 0.25) is 8.32 Å². The molecule has 3 aliphatic heterocycles. The molecule has 0 aliphatic carbocycles. The second kappa shape index (κ2) is 19.1. The Morgan fingerprint density at radius 2 is 1.06 bits per heavy atom. The highest BCUT2D eigenvalue weighted by atomic mass is 127. The number of aliphatic imine (C=N–C) groups is 3. The number of phenols is 2. The van der Waals surface area contributed by atoms with E-state index in [2.05, 4.69) is 101 Å². The fraction of sp³-hybridized carbons (Fsp3) is 0.214. The van der Waals surface area contributed by atoms with Crippen molar-refractivity contribution in [1.29, 1.82) is 0 Å². The molecule has 318 valence electrons. The van der Waals surface area contributed by atoms with Gasteiger partial charge in [-0.1, -0.05) is 57.2 Å². The summed E-state index contributed by atoms with van der Waals surface area (Å²) < 4.78 is 7.32. The van der Waals surface area contributed by atoms with Crippen LogP contribution in [0.5, 0.6) is 17.2 Å². The minimum Gasteiger partial charge on any atom is -0.543 e. The number of nitrogen functional groups attached to an aromatic ring is 3. The molecule has 20 heteroatoms. The number of phenolic OH excluding ortho intramolecular Hbond substituents is 2. The standard InChI is InChI=1S/C18H24N4OSi.C12H10N4O.C6H7BO3.C6H5IN4/c1-18(2,3)24(4,5)23-13-8-6-7-12(9-13)16-15-14(10-20-16)21-11-22-17(15)19;13-12-10-9(15-6-16-12)5-14-11(10)7-2-1-3-8(17)4-7;8-6-3-1-2-5(4-6)7(9)10;7-5-4-3(1-9-5)10-2-11-6(4)8/h6-9,11H,10H2,1-5H3,(H2,19,21,22);1-4,6,17H,5H2,(H2,13,15,16);1-4,8-10H;2H,1H2,(H2,8,10,11). The van der Waals surface area contributed by atoms with Gasteiger partial charge in [0.15, 0.2) is 0 Å². The summed E-state index contributed by atoms with van der Waals surface area (Å²) in [6.45, 7) is 12.9. The molecule has 0 bridgehead atoms. The van der Waals surface area contributed by atoms with Gasteiger partial charge in [0.05, 0.1) is 64.8 Å². The van der Waals surface area contributed by atoms with Gasteiger partial charge in [-0.25, -0.2) is 29.9 Å². The summed E-state index contributed by atoms with van der Waals surface area (Å²) in [5.41, 5.74) is 26.4. The van der Waals surface area contributed by atoms with Gasteiger partial charge in [0.25, 0.3) is 0 Å². The number of hydrogen-bond donors (Lipinski definition) is 7. The van der Waals surface area contributed by atoms with Crippen LogP contribution in [0.15, 0.2) is 107 Å². The summed E-state index contributed by atoms with van der Waals surface area (Å²) in [5.74, 6) is 2.55. The molecule has 6 aromatic rings. The first kappa shape index (κ1) is 45.2. The van der Waals surface area contributed by atoms with Gasteiger partial charge < -0.3 is 41.9 Å². The number of hydrogen-bond acceptors (Lipinski definition) is 17. The second-order valence-electron chi connectivity index (χ2n) is 15.6. The highest BCUT2D eigenvalue weighted by Gasteiger charge is 2.39. The Bertz CT molecular complexity index is 2690. The summed E-state index contributed by atoms with van der Waals surface area (Å²) >= 11 is 2.14. The summed E-state index contributed by atoms with van der Waals surface area (Å²) in [7, 11) is -3.39. The lowest BCUT2D eigenvalue weighted by Crippen LogP contribution is -2.43. The van der Waals surface area contributed by atoms with Crippen molar-refractivity contribution in [3.05, 3.63) is 137 Å². The third kappa shape index (κ3) is 10.6. The normalized spacial score (nSPS) is 13.3. The van der Waals surface area contributed by atoms with Crippen LogP contribution in [0, 0.1) is 0 Å². The van der Waals surface area contributed by atoms with E-state index in [1.807, 2.05) is 30.3 Å². The van der Waals surface area contributed by atoms with Crippen LogP contribution >= 0.6 is 22.6 Å². The van der Waals surface area contributed by atoms with E-state index in [0.717, 1.165) is 65.8 Å². The van der Waals surface area contributed by atoms with E-state index in [4.69, 9.17) is 36.8 Å². The van der Waals surface area contributed by atoms with Crippen molar-refractivity contribution >= 4 is 76.1 Å². The molecule has 17 nitrogen and oxygen atoms in total. The van der Waals surface area contributed by atoms with Crippen LogP contribution in [-0.2, 0) is 19.6 Å². The molecule has 0 amide bonds. The lowest BCUT2D eigenvalue weighted by molar-refractivity contribution is 0.424. The summed E-state index contributed by atoms with van der Waals surface area (Å²) in [4.78, 5) is 37.6. The topological polar surface area (TPSA) is 283 Å².